The van der Waals surface area contributed by atoms with Gasteiger partial charge >= 0.3 is 0 Å². The molecule has 124 valence electrons. The maximum absolute atomic E-state index is 9.99. The van der Waals surface area contributed by atoms with Crippen LogP contribution in [0.15, 0.2) is 27.8 Å². The predicted molar refractivity (Wildman–Crippen MR) is 88.8 cm³/mol. The van der Waals surface area contributed by atoms with E-state index in [2.05, 4.69) is 15.6 Å². The number of aliphatic imine (C=N–C) groups is 1. The molecule has 22 heavy (non-hydrogen) atoms. The van der Waals surface area contributed by atoms with Gasteiger partial charge in [-0.25, -0.2) is 0 Å². The molecule has 5 heteroatoms. The van der Waals surface area contributed by atoms with Crippen molar-refractivity contribution in [1.82, 2.24) is 10.6 Å². The van der Waals surface area contributed by atoms with Crippen molar-refractivity contribution < 1.29 is 9.52 Å². The van der Waals surface area contributed by atoms with Crippen molar-refractivity contribution in [2.24, 2.45) is 10.9 Å². The fraction of sp³-hybridized carbons (Fsp3) is 0.706. The molecular formula is C17H29N3O2. The van der Waals surface area contributed by atoms with Gasteiger partial charge in [-0.2, -0.15) is 0 Å². The van der Waals surface area contributed by atoms with Crippen molar-refractivity contribution in [3.8, 4) is 0 Å². The van der Waals surface area contributed by atoms with E-state index >= 15 is 0 Å². The van der Waals surface area contributed by atoms with E-state index in [9.17, 15) is 5.11 Å². The lowest BCUT2D eigenvalue weighted by atomic mass is 10.0. The lowest BCUT2D eigenvalue weighted by Crippen LogP contribution is -2.38. The van der Waals surface area contributed by atoms with E-state index < -0.39 is 6.10 Å². The molecular weight excluding hydrogens is 278 g/mol. The lowest BCUT2D eigenvalue weighted by molar-refractivity contribution is 0.158. The third kappa shape index (κ3) is 5.72. The van der Waals surface area contributed by atoms with E-state index in [4.69, 9.17) is 4.42 Å². The Morgan fingerprint density at radius 1 is 1.41 bits per heavy atom. The summed E-state index contributed by atoms with van der Waals surface area (Å²) in [5.41, 5.74) is 0. The molecule has 0 aliphatic heterocycles. The first kappa shape index (κ1) is 16.9. The first-order chi connectivity index (χ1) is 10.8. The van der Waals surface area contributed by atoms with Crippen LogP contribution in [-0.2, 0) is 0 Å². The number of nitrogens with one attached hydrogen (secondary N) is 2. The number of rotatable bonds is 8. The van der Waals surface area contributed by atoms with Crippen LogP contribution >= 0.6 is 0 Å². The Kier molecular flexibility index (Phi) is 7.30. The van der Waals surface area contributed by atoms with Gasteiger partial charge in [0.2, 0.25) is 0 Å². The number of hydrogen-bond donors (Lipinski definition) is 3. The second-order valence-electron chi connectivity index (χ2n) is 5.97. The van der Waals surface area contributed by atoms with Crippen LogP contribution in [0, 0.1) is 5.92 Å². The van der Waals surface area contributed by atoms with Gasteiger partial charge in [0.15, 0.2) is 5.96 Å². The predicted octanol–water partition coefficient (Wildman–Crippen LogP) is 2.84. The second-order valence-corrected chi connectivity index (χ2v) is 5.97. The zero-order chi connectivity index (χ0) is 15.6. The normalized spacial score (nSPS) is 17.6. The summed E-state index contributed by atoms with van der Waals surface area (Å²) in [5.74, 6) is 2.25. The number of aliphatic hydroxyl groups is 1. The molecule has 1 aliphatic carbocycles. The minimum Gasteiger partial charge on any atom is -0.467 e. The van der Waals surface area contributed by atoms with Crippen LogP contribution in [0.3, 0.4) is 0 Å². The molecule has 3 N–H and O–H groups in total. The molecule has 0 amide bonds. The topological polar surface area (TPSA) is 69.8 Å². The number of guanidine groups is 1. The molecule has 1 heterocycles. The third-order valence-electron chi connectivity index (χ3n) is 4.19. The maximum Gasteiger partial charge on any atom is 0.191 e. The van der Waals surface area contributed by atoms with Crippen molar-refractivity contribution in [2.75, 3.05) is 19.6 Å². The van der Waals surface area contributed by atoms with Gasteiger partial charge in [-0.05, 0) is 37.8 Å². The molecule has 1 unspecified atom stereocenters. The molecule has 0 radical (unpaired) electrons. The van der Waals surface area contributed by atoms with E-state index in [1.807, 2.05) is 6.92 Å². The molecule has 0 aromatic carbocycles. The van der Waals surface area contributed by atoms with Gasteiger partial charge < -0.3 is 20.2 Å². The Morgan fingerprint density at radius 3 is 2.91 bits per heavy atom. The van der Waals surface area contributed by atoms with Crippen molar-refractivity contribution in [2.45, 2.75) is 51.6 Å². The minimum atomic E-state index is -0.691. The maximum atomic E-state index is 9.99. The highest BCUT2D eigenvalue weighted by Gasteiger charge is 2.14. The van der Waals surface area contributed by atoms with Gasteiger partial charge in [0.1, 0.15) is 11.9 Å². The summed E-state index contributed by atoms with van der Waals surface area (Å²) in [4.78, 5) is 4.42. The van der Waals surface area contributed by atoms with E-state index in [0.717, 1.165) is 25.0 Å². The zero-order valence-corrected chi connectivity index (χ0v) is 13.6. The van der Waals surface area contributed by atoms with Crippen molar-refractivity contribution in [3.63, 3.8) is 0 Å². The Labute approximate surface area is 133 Å². The lowest BCUT2D eigenvalue weighted by Gasteiger charge is -2.13. The van der Waals surface area contributed by atoms with Gasteiger partial charge in [-0.1, -0.05) is 25.7 Å². The van der Waals surface area contributed by atoms with Gasteiger partial charge in [-0.15, -0.1) is 0 Å². The van der Waals surface area contributed by atoms with Crippen molar-refractivity contribution >= 4 is 5.96 Å². The molecule has 1 saturated carbocycles. The molecule has 1 aromatic heterocycles. The highest BCUT2D eigenvalue weighted by atomic mass is 16.4. The average molecular weight is 307 g/mol. The number of nitrogens with zero attached hydrogens (tertiary/aromatic N) is 1. The summed E-state index contributed by atoms with van der Waals surface area (Å²) in [6, 6.07) is 3.54. The molecule has 1 aliphatic rings. The minimum absolute atomic E-state index is 0.297. The molecule has 1 aromatic rings. The number of aliphatic hydroxyl groups excluding tert-OH is 1. The van der Waals surface area contributed by atoms with Gasteiger partial charge in [-0.3, -0.25) is 4.99 Å². The van der Waals surface area contributed by atoms with Crippen LogP contribution in [0.2, 0.25) is 0 Å². The quantitative estimate of drug-likeness (QED) is 0.392. The third-order valence-corrected chi connectivity index (χ3v) is 4.19. The standard InChI is InChI=1S/C17H29N3O2/c1-2-18-17(19-11-5-9-14-7-3-4-8-14)20-13-15(21)16-10-6-12-22-16/h6,10,12,14-15,21H,2-5,7-9,11,13H2,1H3,(H2,18,19,20). The summed E-state index contributed by atoms with van der Waals surface area (Å²) in [7, 11) is 0. The average Bonchev–Trinajstić information content (AvgIpc) is 3.21. The molecule has 1 atom stereocenters. The summed E-state index contributed by atoms with van der Waals surface area (Å²) in [6.07, 6.45) is 8.99. The SMILES string of the molecule is CCNC(=NCC(O)c1ccco1)NCCCC1CCCC1. The van der Waals surface area contributed by atoms with Crippen LogP contribution in [0.5, 0.6) is 0 Å². The van der Waals surface area contributed by atoms with E-state index in [-0.39, 0.29) is 0 Å². The molecule has 0 saturated heterocycles. The molecule has 5 nitrogen and oxygen atoms in total. The largest absolute Gasteiger partial charge is 0.467 e. The first-order valence-corrected chi connectivity index (χ1v) is 8.53. The summed E-state index contributed by atoms with van der Waals surface area (Å²) in [5, 5.41) is 16.5. The van der Waals surface area contributed by atoms with Gasteiger partial charge in [0.25, 0.3) is 0 Å². The second kappa shape index (κ2) is 9.51. The van der Waals surface area contributed by atoms with Crippen LogP contribution in [0.25, 0.3) is 0 Å². The smallest absolute Gasteiger partial charge is 0.191 e. The summed E-state index contributed by atoms with van der Waals surface area (Å²) >= 11 is 0. The number of furan rings is 1. The monoisotopic (exact) mass is 307 g/mol. The van der Waals surface area contributed by atoms with Gasteiger partial charge in [0.05, 0.1) is 12.8 Å². The summed E-state index contributed by atoms with van der Waals surface area (Å²) in [6.45, 7) is 4.08. The Hall–Kier alpha value is -1.49. The Morgan fingerprint density at radius 2 is 2.23 bits per heavy atom. The van der Waals surface area contributed by atoms with Crippen LogP contribution in [-0.4, -0.2) is 30.7 Å². The molecule has 0 bridgehead atoms. The van der Waals surface area contributed by atoms with Crippen molar-refractivity contribution in [1.29, 1.82) is 0 Å². The highest BCUT2D eigenvalue weighted by Crippen LogP contribution is 2.28. The highest BCUT2D eigenvalue weighted by molar-refractivity contribution is 5.79. The fourth-order valence-electron chi connectivity index (χ4n) is 2.99. The van der Waals surface area contributed by atoms with E-state index in [0.29, 0.717) is 12.3 Å². The van der Waals surface area contributed by atoms with Crippen LogP contribution in [0.1, 0.15) is 57.3 Å². The first-order valence-electron chi connectivity index (χ1n) is 8.53. The fourth-order valence-corrected chi connectivity index (χ4v) is 2.99. The molecule has 2 rings (SSSR count). The van der Waals surface area contributed by atoms with E-state index in [1.54, 1.807) is 18.4 Å². The van der Waals surface area contributed by atoms with Crippen LogP contribution < -0.4 is 10.6 Å². The van der Waals surface area contributed by atoms with Crippen molar-refractivity contribution in [3.05, 3.63) is 24.2 Å². The van der Waals surface area contributed by atoms with Gasteiger partial charge in [0, 0.05) is 13.1 Å². The zero-order valence-electron chi connectivity index (χ0n) is 13.6. The Bertz CT molecular complexity index is 425. The Balaban J connectivity index is 1.69. The molecule has 1 fully saturated rings. The van der Waals surface area contributed by atoms with E-state index in [1.165, 1.54) is 38.5 Å². The van der Waals surface area contributed by atoms with Crippen LogP contribution in [0.4, 0.5) is 0 Å². The summed E-state index contributed by atoms with van der Waals surface area (Å²) < 4.78 is 5.18. The molecule has 0 spiro atoms. The number of hydrogen-bond acceptors (Lipinski definition) is 3.